The van der Waals surface area contributed by atoms with E-state index in [1.807, 2.05) is 24.3 Å². The molecule has 0 amide bonds. The number of carbonyl (C=O) groups is 1. The van der Waals surface area contributed by atoms with Gasteiger partial charge in [0.1, 0.15) is 23.6 Å². The lowest BCUT2D eigenvalue weighted by Crippen LogP contribution is -2.55. The van der Waals surface area contributed by atoms with E-state index < -0.39 is 11.9 Å². The molecule has 5 aliphatic rings. The predicted octanol–water partition coefficient (Wildman–Crippen LogP) is 4.50. The van der Waals surface area contributed by atoms with E-state index in [2.05, 4.69) is 21.6 Å². The molecule has 228 valence electrons. The predicted molar refractivity (Wildman–Crippen MR) is 164 cm³/mol. The summed E-state index contributed by atoms with van der Waals surface area (Å²) in [5.41, 5.74) is 1.37. The molecule has 0 saturated carbocycles. The van der Waals surface area contributed by atoms with Crippen molar-refractivity contribution < 1.29 is 28.1 Å². The maximum atomic E-state index is 14.7. The Labute approximate surface area is 259 Å². The van der Waals surface area contributed by atoms with Gasteiger partial charge in [0.05, 0.1) is 36.4 Å². The van der Waals surface area contributed by atoms with Crippen LogP contribution < -0.4 is 14.4 Å². The second kappa shape index (κ2) is 11.8. The molecule has 0 spiro atoms. The molecule has 0 aliphatic carbocycles. The summed E-state index contributed by atoms with van der Waals surface area (Å²) >= 11 is 7.45. The zero-order chi connectivity index (χ0) is 29.7. The molecular formula is C31H34ClFN4O5S. The first-order chi connectivity index (χ1) is 20.9. The number of para-hydroxylation sites is 1. The average Bonchev–Trinajstić information content (AvgIpc) is 3.53. The highest BCUT2D eigenvalue weighted by Crippen LogP contribution is 2.45. The Balaban J connectivity index is 1.04. The van der Waals surface area contributed by atoms with Gasteiger partial charge in [-0.3, -0.25) is 9.89 Å². The Kier molecular flexibility index (Phi) is 7.92. The largest absolute Gasteiger partial charge is 0.485 e. The van der Waals surface area contributed by atoms with Gasteiger partial charge in [0.2, 0.25) is 0 Å². The van der Waals surface area contributed by atoms with Crippen LogP contribution in [0.1, 0.15) is 25.0 Å². The van der Waals surface area contributed by atoms with Gasteiger partial charge in [-0.1, -0.05) is 35.5 Å². The van der Waals surface area contributed by atoms with Gasteiger partial charge in [-0.2, -0.15) is 0 Å². The summed E-state index contributed by atoms with van der Waals surface area (Å²) in [6.07, 6.45) is 2.66. The molecule has 2 unspecified atom stereocenters. The second-order valence-electron chi connectivity index (χ2n) is 11.5. The molecule has 5 heterocycles. The van der Waals surface area contributed by atoms with Crippen LogP contribution in [-0.4, -0.2) is 98.2 Å². The number of aliphatic imine (C=N–C) groups is 1. The lowest BCUT2D eigenvalue weighted by atomic mass is 10.1. The van der Waals surface area contributed by atoms with Gasteiger partial charge in [-0.25, -0.2) is 9.18 Å². The van der Waals surface area contributed by atoms with Crippen molar-refractivity contribution in [3.05, 3.63) is 63.8 Å². The van der Waals surface area contributed by atoms with Crippen molar-refractivity contribution in [1.29, 1.82) is 0 Å². The topological polar surface area (TPSA) is 76.1 Å². The normalized spacial score (nSPS) is 28.2. The summed E-state index contributed by atoms with van der Waals surface area (Å²) in [7, 11) is 1.41. The van der Waals surface area contributed by atoms with Crippen molar-refractivity contribution in [3.63, 3.8) is 0 Å². The number of rotatable bonds is 7. The number of halogens is 2. The van der Waals surface area contributed by atoms with Gasteiger partial charge in [0.25, 0.3) is 0 Å². The molecule has 5 aliphatic heterocycles. The minimum Gasteiger partial charge on any atom is -0.485 e. The van der Waals surface area contributed by atoms with E-state index in [0.717, 1.165) is 57.3 Å². The number of piperazine rings is 1. The minimum atomic E-state index is -0.568. The van der Waals surface area contributed by atoms with E-state index >= 15 is 0 Å². The van der Waals surface area contributed by atoms with E-state index in [0.29, 0.717) is 27.0 Å². The minimum absolute atomic E-state index is 0.0290. The van der Waals surface area contributed by atoms with E-state index in [1.165, 1.54) is 24.9 Å². The highest BCUT2D eigenvalue weighted by molar-refractivity contribution is 8.04. The number of hydrogen-bond donors (Lipinski definition) is 0. The van der Waals surface area contributed by atoms with Crippen molar-refractivity contribution in [2.45, 2.75) is 43.0 Å². The number of esters is 1. The van der Waals surface area contributed by atoms with Crippen LogP contribution in [0.25, 0.3) is 0 Å². The first-order valence-corrected chi connectivity index (χ1v) is 15.9. The summed E-state index contributed by atoms with van der Waals surface area (Å²) in [4.78, 5) is 25.0. The molecule has 2 fully saturated rings. The highest BCUT2D eigenvalue weighted by Gasteiger charge is 2.44. The van der Waals surface area contributed by atoms with Crippen LogP contribution >= 0.6 is 23.4 Å². The van der Waals surface area contributed by atoms with Gasteiger partial charge >= 0.3 is 5.97 Å². The Morgan fingerprint density at radius 1 is 1.26 bits per heavy atom. The van der Waals surface area contributed by atoms with E-state index in [9.17, 15) is 9.18 Å². The molecule has 0 bridgehead atoms. The zero-order valence-electron chi connectivity index (χ0n) is 24.1. The molecule has 2 aromatic rings. The van der Waals surface area contributed by atoms with E-state index in [-0.39, 0.29) is 36.1 Å². The van der Waals surface area contributed by atoms with Crippen LogP contribution in [0.3, 0.4) is 0 Å². The molecule has 0 N–H and O–H groups in total. The van der Waals surface area contributed by atoms with E-state index in [1.54, 1.807) is 12.1 Å². The quantitative estimate of drug-likeness (QED) is 0.412. The fraction of sp³-hybridized carbons (Fsp3) is 0.484. The molecule has 43 heavy (non-hydrogen) atoms. The van der Waals surface area contributed by atoms with Gasteiger partial charge in [0, 0.05) is 49.4 Å². The summed E-state index contributed by atoms with van der Waals surface area (Å²) in [6, 6.07) is 10.8. The number of thioether (sulfide) groups is 1. The molecule has 7 rings (SSSR count). The maximum absolute atomic E-state index is 14.7. The summed E-state index contributed by atoms with van der Waals surface area (Å²) in [5.74, 6) is 1.63. The Bertz CT molecular complexity index is 1470. The second-order valence-corrected chi connectivity index (χ2v) is 13.0. The number of anilines is 1. The number of amidine groups is 1. The third-order valence-electron chi connectivity index (χ3n) is 8.78. The molecule has 0 aromatic heterocycles. The Hall–Kier alpha value is -2.99. The van der Waals surface area contributed by atoms with Crippen molar-refractivity contribution in [2.24, 2.45) is 4.99 Å². The standard InChI is InChI=1S/C31H34ClFN4O5S/c1-18-14-36(23-4-3-5-25-29(23)42-26(17-41-25)21-7-6-19(32)12-22(21)33)10-9-35(18)16-28-34-30-24(13-27(43-30)31(38)39-2)37(28)15-20-8-11-40-20/h3-7,12-13,18,20,24,26,30H,8-11,14-17H2,1-2H3/t18-,20-,24?,26+,30?/m0/s1. The highest BCUT2D eigenvalue weighted by atomic mass is 35.5. The number of ether oxygens (including phenoxy) is 4. The smallest absolute Gasteiger partial charge is 0.344 e. The van der Waals surface area contributed by atoms with Gasteiger partial charge in [0.15, 0.2) is 17.6 Å². The fourth-order valence-corrected chi connectivity index (χ4v) is 7.67. The number of benzene rings is 2. The molecule has 5 atom stereocenters. The number of fused-ring (bicyclic) bond motifs is 2. The van der Waals surface area contributed by atoms with Gasteiger partial charge < -0.3 is 28.7 Å². The Morgan fingerprint density at radius 2 is 2.12 bits per heavy atom. The number of nitrogens with zero attached hydrogens (tertiary/aromatic N) is 4. The first-order valence-electron chi connectivity index (χ1n) is 14.7. The van der Waals surface area contributed by atoms with Crippen LogP contribution in [0.2, 0.25) is 5.02 Å². The van der Waals surface area contributed by atoms with Crippen molar-refractivity contribution in [2.75, 3.05) is 57.9 Å². The number of methoxy groups -OCH3 is 1. The monoisotopic (exact) mass is 628 g/mol. The lowest BCUT2D eigenvalue weighted by molar-refractivity contribution is -0.135. The molecule has 0 radical (unpaired) electrons. The number of hydrogen-bond acceptors (Lipinski definition) is 10. The van der Waals surface area contributed by atoms with Crippen molar-refractivity contribution in [3.8, 4) is 11.5 Å². The first kappa shape index (κ1) is 28.8. The summed E-state index contributed by atoms with van der Waals surface area (Å²) in [6.45, 7) is 7.14. The maximum Gasteiger partial charge on any atom is 0.344 e. The third-order valence-corrected chi connectivity index (χ3v) is 10.2. The third kappa shape index (κ3) is 5.56. The molecular weight excluding hydrogens is 595 g/mol. The molecule has 9 nitrogen and oxygen atoms in total. The fourth-order valence-electron chi connectivity index (χ4n) is 6.31. The zero-order valence-corrected chi connectivity index (χ0v) is 25.7. The van der Waals surface area contributed by atoms with Crippen LogP contribution in [-0.2, 0) is 14.3 Å². The number of carbonyl (C=O) groups excluding carboxylic acids is 1. The van der Waals surface area contributed by atoms with Gasteiger partial charge in [-0.05, 0) is 43.7 Å². The summed E-state index contributed by atoms with van der Waals surface area (Å²) in [5, 5.41) is 0.297. The molecule has 2 aromatic carbocycles. The molecule has 12 heteroatoms. The van der Waals surface area contributed by atoms with Crippen LogP contribution in [0.5, 0.6) is 11.5 Å². The molecule has 2 saturated heterocycles. The summed E-state index contributed by atoms with van der Waals surface area (Å²) < 4.78 is 37.9. The average molecular weight is 629 g/mol. The SMILES string of the molecule is COC(=O)C1=CC2C(N=C(CN3CCN(c4cccc5c4O[C@@H](c4ccc(Cl)cc4F)CO5)C[C@@H]3C)N2C[C@@H]2CCO2)S1. The van der Waals surface area contributed by atoms with Gasteiger partial charge in [-0.15, -0.1) is 0 Å². The van der Waals surface area contributed by atoms with Crippen LogP contribution in [0.4, 0.5) is 10.1 Å². The van der Waals surface area contributed by atoms with Crippen molar-refractivity contribution in [1.82, 2.24) is 9.80 Å². The van der Waals surface area contributed by atoms with Crippen molar-refractivity contribution >= 4 is 40.9 Å². The van der Waals surface area contributed by atoms with Crippen LogP contribution in [0.15, 0.2) is 52.4 Å². The lowest BCUT2D eigenvalue weighted by Gasteiger charge is -2.43. The van der Waals surface area contributed by atoms with Crippen LogP contribution in [0, 0.1) is 5.82 Å². The Morgan fingerprint density at radius 3 is 2.86 bits per heavy atom. The van der Waals surface area contributed by atoms with E-state index in [4.69, 9.17) is 35.5 Å².